The molecule has 7 heteroatoms. The highest BCUT2D eigenvalue weighted by atomic mass is 16.5. The van der Waals surface area contributed by atoms with E-state index in [0.29, 0.717) is 13.2 Å². The smallest absolute Gasteiger partial charge is 0.229 e. The molecule has 0 atom stereocenters. The summed E-state index contributed by atoms with van der Waals surface area (Å²) in [6.07, 6.45) is 0.915. The zero-order chi connectivity index (χ0) is 15.9. The summed E-state index contributed by atoms with van der Waals surface area (Å²) < 4.78 is 5.44. The van der Waals surface area contributed by atoms with E-state index in [1.807, 2.05) is 6.07 Å². The number of nitrogens with zero attached hydrogens (tertiary/aromatic N) is 5. The number of hydrogen-bond donors (Lipinski definition) is 1. The van der Waals surface area contributed by atoms with Gasteiger partial charge in [-0.1, -0.05) is 18.2 Å². The van der Waals surface area contributed by atoms with E-state index in [4.69, 9.17) is 9.72 Å². The lowest BCUT2D eigenvalue weighted by atomic mass is 10.1. The molecule has 24 heavy (non-hydrogen) atoms. The van der Waals surface area contributed by atoms with E-state index < -0.39 is 0 Å². The summed E-state index contributed by atoms with van der Waals surface area (Å²) in [4.78, 5) is 14.0. The summed E-state index contributed by atoms with van der Waals surface area (Å²) in [5.41, 5.74) is 3.02. The fourth-order valence-corrected chi connectivity index (χ4v) is 3.42. The zero-order valence-corrected chi connectivity index (χ0v) is 13.3. The molecule has 5 rings (SSSR count). The molecule has 0 amide bonds. The molecule has 0 saturated carbocycles. The minimum absolute atomic E-state index is 0.713. The lowest BCUT2D eigenvalue weighted by Gasteiger charge is -2.31. The van der Waals surface area contributed by atoms with Crippen LogP contribution in [-0.2, 0) is 11.2 Å². The Morgan fingerprint density at radius 3 is 2.67 bits per heavy atom. The maximum absolute atomic E-state index is 5.44. The molecule has 1 saturated heterocycles. The maximum atomic E-state index is 5.44. The molecule has 0 spiro atoms. The SMILES string of the molecule is c1ccc(N2CCc3[nH]nc4nc(N5CCOCC5)nc2c34)cc1. The third kappa shape index (κ3) is 2.12. The Kier molecular flexibility index (Phi) is 3.12. The van der Waals surface area contributed by atoms with Crippen LogP contribution in [-0.4, -0.2) is 53.0 Å². The van der Waals surface area contributed by atoms with Crippen LogP contribution in [0.1, 0.15) is 5.69 Å². The number of aromatic amines is 1. The summed E-state index contributed by atoms with van der Waals surface area (Å²) in [6, 6.07) is 10.4. The second-order valence-electron chi connectivity index (χ2n) is 6.08. The molecule has 122 valence electrons. The Bertz CT molecular complexity index is 871. The molecule has 7 nitrogen and oxygen atoms in total. The molecule has 0 unspecified atom stereocenters. The van der Waals surface area contributed by atoms with Crippen LogP contribution in [0.25, 0.3) is 11.0 Å². The van der Waals surface area contributed by atoms with E-state index in [1.54, 1.807) is 0 Å². The Balaban J connectivity index is 1.66. The van der Waals surface area contributed by atoms with Crippen LogP contribution in [0.4, 0.5) is 17.5 Å². The number of nitrogens with one attached hydrogen (secondary N) is 1. The van der Waals surface area contributed by atoms with Crippen molar-refractivity contribution in [1.82, 2.24) is 20.2 Å². The lowest BCUT2D eigenvalue weighted by Crippen LogP contribution is -2.37. The van der Waals surface area contributed by atoms with Crippen LogP contribution in [0.2, 0.25) is 0 Å². The third-order valence-electron chi connectivity index (χ3n) is 4.66. The second-order valence-corrected chi connectivity index (χ2v) is 6.08. The van der Waals surface area contributed by atoms with Crippen LogP contribution in [0, 0.1) is 0 Å². The summed E-state index contributed by atoms with van der Waals surface area (Å²) in [6.45, 7) is 3.94. The predicted octanol–water partition coefficient (Wildman–Crippen LogP) is 1.88. The van der Waals surface area contributed by atoms with Crippen LogP contribution in [0.5, 0.6) is 0 Å². The molecule has 0 bridgehead atoms. The number of para-hydroxylation sites is 1. The van der Waals surface area contributed by atoms with Gasteiger partial charge in [-0.3, -0.25) is 5.10 Å². The lowest BCUT2D eigenvalue weighted by molar-refractivity contribution is 0.122. The van der Waals surface area contributed by atoms with Gasteiger partial charge >= 0.3 is 0 Å². The summed E-state index contributed by atoms with van der Waals surface area (Å²) in [5.74, 6) is 1.68. The van der Waals surface area contributed by atoms with Crippen molar-refractivity contribution >= 4 is 28.5 Å². The highest BCUT2D eigenvalue weighted by Gasteiger charge is 2.27. The van der Waals surface area contributed by atoms with Crippen LogP contribution in [0.3, 0.4) is 0 Å². The van der Waals surface area contributed by atoms with Crippen molar-refractivity contribution in [2.75, 3.05) is 42.6 Å². The zero-order valence-electron chi connectivity index (χ0n) is 13.3. The van der Waals surface area contributed by atoms with Gasteiger partial charge in [0.15, 0.2) is 5.65 Å². The van der Waals surface area contributed by atoms with Gasteiger partial charge in [0.25, 0.3) is 0 Å². The maximum Gasteiger partial charge on any atom is 0.229 e. The summed E-state index contributed by atoms with van der Waals surface area (Å²) in [5, 5.41) is 8.59. The number of aromatic nitrogens is 4. The summed E-state index contributed by atoms with van der Waals surface area (Å²) in [7, 11) is 0. The van der Waals surface area contributed by atoms with E-state index in [1.165, 1.54) is 0 Å². The van der Waals surface area contributed by atoms with Crippen molar-refractivity contribution in [1.29, 1.82) is 0 Å². The van der Waals surface area contributed by atoms with Crippen molar-refractivity contribution < 1.29 is 4.74 Å². The minimum atomic E-state index is 0.713. The molecule has 1 aromatic carbocycles. The third-order valence-corrected chi connectivity index (χ3v) is 4.66. The van der Waals surface area contributed by atoms with Gasteiger partial charge in [0, 0.05) is 31.7 Å². The first-order valence-corrected chi connectivity index (χ1v) is 8.30. The van der Waals surface area contributed by atoms with E-state index in [2.05, 4.69) is 49.2 Å². The molecular formula is C17H18N6O. The van der Waals surface area contributed by atoms with Gasteiger partial charge in [-0.2, -0.15) is 15.1 Å². The van der Waals surface area contributed by atoms with Gasteiger partial charge < -0.3 is 14.5 Å². The van der Waals surface area contributed by atoms with Gasteiger partial charge in [0.05, 0.1) is 24.3 Å². The summed E-state index contributed by atoms with van der Waals surface area (Å²) >= 11 is 0. The molecule has 2 aromatic heterocycles. The fourth-order valence-electron chi connectivity index (χ4n) is 3.42. The van der Waals surface area contributed by atoms with Crippen molar-refractivity contribution in [3.05, 3.63) is 36.0 Å². The minimum Gasteiger partial charge on any atom is -0.378 e. The van der Waals surface area contributed by atoms with Gasteiger partial charge in [0.2, 0.25) is 5.95 Å². The number of ether oxygens (including phenoxy) is 1. The Labute approximate surface area is 139 Å². The van der Waals surface area contributed by atoms with E-state index in [9.17, 15) is 0 Å². The largest absolute Gasteiger partial charge is 0.378 e. The Morgan fingerprint density at radius 1 is 1.00 bits per heavy atom. The van der Waals surface area contributed by atoms with E-state index in [0.717, 1.165) is 60.2 Å². The van der Waals surface area contributed by atoms with Crippen LogP contribution < -0.4 is 9.80 Å². The van der Waals surface area contributed by atoms with Crippen molar-refractivity contribution in [2.45, 2.75) is 6.42 Å². The quantitative estimate of drug-likeness (QED) is 0.777. The molecular weight excluding hydrogens is 304 g/mol. The number of rotatable bonds is 2. The normalized spacial score (nSPS) is 17.5. The van der Waals surface area contributed by atoms with Gasteiger partial charge in [0.1, 0.15) is 5.82 Å². The highest BCUT2D eigenvalue weighted by molar-refractivity contribution is 5.94. The number of hydrogen-bond acceptors (Lipinski definition) is 6. The van der Waals surface area contributed by atoms with Crippen molar-refractivity contribution in [3.8, 4) is 0 Å². The molecule has 2 aliphatic heterocycles. The molecule has 2 aliphatic rings. The molecule has 0 aliphatic carbocycles. The number of benzene rings is 1. The molecule has 1 N–H and O–H groups in total. The predicted molar refractivity (Wildman–Crippen MR) is 91.9 cm³/mol. The average molecular weight is 322 g/mol. The Hall–Kier alpha value is -2.67. The molecule has 0 radical (unpaired) electrons. The van der Waals surface area contributed by atoms with E-state index in [-0.39, 0.29) is 0 Å². The van der Waals surface area contributed by atoms with Crippen molar-refractivity contribution in [2.24, 2.45) is 0 Å². The topological polar surface area (TPSA) is 70.2 Å². The number of H-pyrrole nitrogens is 1. The van der Waals surface area contributed by atoms with E-state index >= 15 is 0 Å². The first-order valence-electron chi connectivity index (χ1n) is 8.30. The van der Waals surface area contributed by atoms with Gasteiger partial charge in [-0.25, -0.2) is 0 Å². The monoisotopic (exact) mass is 322 g/mol. The van der Waals surface area contributed by atoms with Gasteiger partial charge in [-0.05, 0) is 12.1 Å². The van der Waals surface area contributed by atoms with Crippen molar-refractivity contribution in [3.63, 3.8) is 0 Å². The average Bonchev–Trinajstić information content (AvgIpc) is 3.08. The first kappa shape index (κ1) is 13.7. The first-order chi connectivity index (χ1) is 11.9. The Morgan fingerprint density at radius 2 is 1.83 bits per heavy atom. The van der Waals surface area contributed by atoms with Gasteiger partial charge in [-0.15, -0.1) is 0 Å². The highest BCUT2D eigenvalue weighted by Crippen LogP contribution is 2.36. The number of anilines is 3. The number of morpholine rings is 1. The molecule has 1 fully saturated rings. The fraction of sp³-hybridized carbons (Fsp3) is 0.353. The van der Waals surface area contributed by atoms with Crippen LogP contribution >= 0.6 is 0 Å². The second kappa shape index (κ2) is 5.45. The molecule has 4 heterocycles. The molecule has 3 aromatic rings. The standard InChI is InChI=1S/C17H18N6O/c1-2-4-12(5-3-1)23-7-6-13-14-15(21-20-13)18-17(19-16(14)23)22-8-10-24-11-9-22/h1-5H,6-11H2,(H,18,19,20,21). The van der Waals surface area contributed by atoms with Crippen LogP contribution in [0.15, 0.2) is 30.3 Å².